The Morgan fingerprint density at radius 1 is 1.33 bits per heavy atom. The van der Waals surface area contributed by atoms with Crippen LogP contribution in [0.4, 0.5) is 0 Å². The Balaban J connectivity index is 1.92. The molecular formula is C16H24N2O5S. The third kappa shape index (κ3) is 4.54. The van der Waals surface area contributed by atoms with Crippen molar-refractivity contribution in [2.45, 2.75) is 36.2 Å². The molecule has 1 atom stereocenters. The molecule has 1 heterocycles. The molecule has 0 radical (unpaired) electrons. The van der Waals surface area contributed by atoms with Crippen LogP contribution in [0, 0.1) is 0 Å². The van der Waals surface area contributed by atoms with E-state index in [1.165, 1.54) is 19.2 Å². The predicted octanol–water partition coefficient (Wildman–Crippen LogP) is -0.127. The van der Waals surface area contributed by atoms with E-state index in [4.69, 9.17) is 0 Å². The van der Waals surface area contributed by atoms with Gasteiger partial charge in [0.1, 0.15) is 5.60 Å². The second kappa shape index (κ2) is 7.60. The Bertz CT molecular complexity index is 674. The number of likely N-dealkylation sites (tertiary alicyclic amines) is 1. The molecule has 3 N–H and O–H groups in total. The highest BCUT2D eigenvalue weighted by Gasteiger charge is 2.34. The third-order valence-corrected chi connectivity index (χ3v) is 5.76. The molecule has 0 aromatic heterocycles. The van der Waals surface area contributed by atoms with Gasteiger partial charge in [0.25, 0.3) is 0 Å². The molecule has 134 valence electrons. The summed E-state index contributed by atoms with van der Waals surface area (Å²) in [6.07, 6.45) is 1.93. The van der Waals surface area contributed by atoms with Crippen LogP contribution in [0.1, 0.15) is 24.8 Å². The Morgan fingerprint density at radius 2 is 2.00 bits per heavy atom. The maximum atomic E-state index is 12.3. The van der Waals surface area contributed by atoms with Crippen molar-refractivity contribution in [1.82, 2.24) is 9.62 Å². The van der Waals surface area contributed by atoms with Crippen molar-refractivity contribution >= 4 is 15.9 Å². The molecule has 1 unspecified atom stereocenters. The molecule has 0 bridgehead atoms. The van der Waals surface area contributed by atoms with Crippen molar-refractivity contribution in [3.8, 4) is 0 Å². The highest BCUT2D eigenvalue weighted by molar-refractivity contribution is 7.89. The number of carbonyl (C=O) groups excluding carboxylic acids is 1. The van der Waals surface area contributed by atoms with Gasteiger partial charge in [0.15, 0.2) is 0 Å². The first-order chi connectivity index (χ1) is 11.3. The smallest absolute Gasteiger partial charge is 0.240 e. The topological polar surface area (TPSA) is 107 Å². The number of hydrogen-bond acceptors (Lipinski definition) is 5. The molecule has 1 aromatic carbocycles. The van der Waals surface area contributed by atoms with Gasteiger partial charge < -0.3 is 15.1 Å². The van der Waals surface area contributed by atoms with Crippen LogP contribution in [-0.4, -0.2) is 61.8 Å². The summed E-state index contributed by atoms with van der Waals surface area (Å²) in [6.45, 7) is 0.389. The summed E-state index contributed by atoms with van der Waals surface area (Å²) in [5.74, 6) is -0.0755. The molecule has 2 rings (SSSR count). The van der Waals surface area contributed by atoms with E-state index in [1.807, 2.05) is 0 Å². The van der Waals surface area contributed by atoms with E-state index in [9.17, 15) is 23.4 Å². The molecule has 1 amide bonds. The maximum absolute atomic E-state index is 12.3. The summed E-state index contributed by atoms with van der Waals surface area (Å²) in [6, 6.07) is 6.41. The summed E-state index contributed by atoms with van der Waals surface area (Å²) < 4.78 is 25.6. The molecule has 1 aliphatic rings. The van der Waals surface area contributed by atoms with Gasteiger partial charge in [0.2, 0.25) is 15.9 Å². The first kappa shape index (κ1) is 18.9. The minimum absolute atomic E-state index is 0.0755. The van der Waals surface area contributed by atoms with Crippen LogP contribution in [0.3, 0.4) is 0 Å². The predicted molar refractivity (Wildman–Crippen MR) is 88.9 cm³/mol. The van der Waals surface area contributed by atoms with Crippen molar-refractivity contribution < 1.29 is 23.4 Å². The number of nitrogens with one attached hydrogen (secondary N) is 1. The zero-order chi connectivity index (χ0) is 17.8. The van der Waals surface area contributed by atoms with Crippen LogP contribution in [0.5, 0.6) is 0 Å². The van der Waals surface area contributed by atoms with Gasteiger partial charge in [-0.15, -0.1) is 0 Å². The van der Waals surface area contributed by atoms with Gasteiger partial charge in [0, 0.05) is 13.0 Å². The fraction of sp³-hybridized carbons (Fsp3) is 0.562. The first-order valence-corrected chi connectivity index (χ1v) is 9.41. The number of benzene rings is 1. The van der Waals surface area contributed by atoms with Crippen molar-refractivity contribution in [3.63, 3.8) is 0 Å². The van der Waals surface area contributed by atoms with E-state index in [2.05, 4.69) is 4.72 Å². The fourth-order valence-electron chi connectivity index (χ4n) is 2.82. The van der Waals surface area contributed by atoms with Crippen LogP contribution in [0.15, 0.2) is 29.2 Å². The zero-order valence-corrected chi connectivity index (χ0v) is 14.6. The number of β-amino-alcohol motifs (C(OH)–C–C–N with tert-alkyl or cyclic N) is 1. The van der Waals surface area contributed by atoms with Crippen molar-refractivity contribution in [2.24, 2.45) is 0 Å². The number of aliphatic hydroxyl groups is 2. The number of sulfonamides is 1. The number of piperidine rings is 1. The number of amides is 1. The van der Waals surface area contributed by atoms with Gasteiger partial charge in [0.05, 0.1) is 18.0 Å². The van der Waals surface area contributed by atoms with Gasteiger partial charge in [-0.1, -0.05) is 12.1 Å². The summed E-state index contributed by atoms with van der Waals surface area (Å²) in [7, 11) is -2.10. The molecule has 0 spiro atoms. The van der Waals surface area contributed by atoms with Gasteiger partial charge in [-0.2, -0.15) is 0 Å². The highest BCUT2D eigenvalue weighted by Crippen LogP contribution is 2.21. The number of aryl methyl sites for hydroxylation is 1. The molecule has 8 heteroatoms. The van der Waals surface area contributed by atoms with E-state index in [0.29, 0.717) is 25.8 Å². The summed E-state index contributed by atoms with van der Waals surface area (Å²) in [5.41, 5.74) is -0.329. The second-order valence-electron chi connectivity index (χ2n) is 6.15. The third-order valence-electron chi connectivity index (χ3n) is 4.33. The Labute approximate surface area is 142 Å². The summed E-state index contributed by atoms with van der Waals surface area (Å²) >= 11 is 0. The van der Waals surface area contributed by atoms with Gasteiger partial charge in [-0.3, -0.25) is 4.79 Å². The SMILES string of the molecule is CNS(=O)(=O)c1ccc(CCC(=O)N2CCCC(O)(CO)C2)cc1. The largest absolute Gasteiger partial charge is 0.393 e. The van der Waals surface area contributed by atoms with E-state index in [-0.39, 0.29) is 30.4 Å². The first-order valence-electron chi connectivity index (χ1n) is 7.93. The average molecular weight is 356 g/mol. The normalized spacial score (nSPS) is 21.7. The molecule has 1 aromatic rings. The van der Waals surface area contributed by atoms with Crippen LogP contribution >= 0.6 is 0 Å². The Hall–Kier alpha value is -1.48. The van der Waals surface area contributed by atoms with E-state index >= 15 is 0 Å². The van der Waals surface area contributed by atoms with Gasteiger partial charge in [-0.25, -0.2) is 13.1 Å². The second-order valence-corrected chi connectivity index (χ2v) is 8.04. The minimum atomic E-state index is -3.46. The zero-order valence-electron chi connectivity index (χ0n) is 13.7. The summed E-state index contributed by atoms with van der Waals surface area (Å²) in [5, 5.41) is 19.3. The number of carbonyl (C=O) groups is 1. The lowest BCUT2D eigenvalue weighted by atomic mass is 9.93. The fourth-order valence-corrected chi connectivity index (χ4v) is 3.55. The van der Waals surface area contributed by atoms with Crippen molar-refractivity contribution in [1.29, 1.82) is 0 Å². The maximum Gasteiger partial charge on any atom is 0.240 e. The van der Waals surface area contributed by atoms with Crippen LogP contribution in [-0.2, 0) is 21.2 Å². The summed E-state index contributed by atoms with van der Waals surface area (Å²) in [4.78, 5) is 14.0. The van der Waals surface area contributed by atoms with Crippen molar-refractivity contribution in [2.75, 3.05) is 26.7 Å². The number of aliphatic hydroxyl groups excluding tert-OH is 1. The lowest BCUT2D eigenvalue weighted by Gasteiger charge is -2.38. The molecule has 24 heavy (non-hydrogen) atoms. The number of rotatable bonds is 6. The molecule has 0 saturated carbocycles. The number of nitrogens with zero attached hydrogens (tertiary/aromatic N) is 1. The molecule has 1 saturated heterocycles. The van der Waals surface area contributed by atoms with Crippen LogP contribution < -0.4 is 4.72 Å². The average Bonchev–Trinajstić information content (AvgIpc) is 2.60. The Morgan fingerprint density at radius 3 is 2.58 bits per heavy atom. The lowest BCUT2D eigenvalue weighted by molar-refractivity contribution is -0.140. The highest BCUT2D eigenvalue weighted by atomic mass is 32.2. The molecule has 1 fully saturated rings. The van der Waals surface area contributed by atoms with Gasteiger partial charge in [-0.05, 0) is 44.0 Å². The standard InChI is InChI=1S/C16H24N2O5S/c1-17-24(22,23)14-6-3-13(4-7-14)5-8-15(20)18-10-2-9-16(21,11-18)12-19/h3-4,6-7,17,19,21H,2,5,8-12H2,1H3. The molecule has 0 aliphatic carbocycles. The molecule has 7 nitrogen and oxygen atoms in total. The monoisotopic (exact) mass is 356 g/mol. The van der Waals surface area contributed by atoms with Crippen molar-refractivity contribution in [3.05, 3.63) is 29.8 Å². The van der Waals surface area contributed by atoms with E-state index < -0.39 is 15.6 Å². The van der Waals surface area contributed by atoms with Gasteiger partial charge >= 0.3 is 0 Å². The van der Waals surface area contributed by atoms with E-state index in [1.54, 1.807) is 17.0 Å². The molecule has 1 aliphatic heterocycles. The minimum Gasteiger partial charge on any atom is -0.393 e. The van der Waals surface area contributed by atoms with Crippen LogP contribution in [0.2, 0.25) is 0 Å². The quantitative estimate of drug-likeness (QED) is 0.658. The lowest BCUT2D eigenvalue weighted by Crippen LogP contribution is -2.52. The number of hydrogen-bond donors (Lipinski definition) is 3. The van der Waals surface area contributed by atoms with E-state index in [0.717, 1.165) is 5.56 Å². The van der Waals surface area contributed by atoms with Crippen LogP contribution in [0.25, 0.3) is 0 Å². The molecular weight excluding hydrogens is 332 g/mol. The Kier molecular flexibility index (Phi) is 5.97.